The van der Waals surface area contributed by atoms with E-state index < -0.39 is 15.9 Å². The molecular formula is C24H23N3O4S2. The fourth-order valence-electron chi connectivity index (χ4n) is 3.62. The van der Waals surface area contributed by atoms with E-state index in [1.165, 1.54) is 36.6 Å². The van der Waals surface area contributed by atoms with Crippen LogP contribution in [0, 0.1) is 13.8 Å². The summed E-state index contributed by atoms with van der Waals surface area (Å²) in [7, 11) is -0.430. The maximum absolute atomic E-state index is 12.9. The van der Waals surface area contributed by atoms with Gasteiger partial charge in [-0.2, -0.15) is 4.99 Å². The Morgan fingerprint density at radius 3 is 2.48 bits per heavy atom. The molecule has 0 saturated carbocycles. The van der Waals surface area contributed by atoms with Gasteiger partial charge in [0.25, 0.3) is 15.9 Å². The van der Waals surface area contributed by atoms with Gasteiger partial charge in [0.15, 0.2) is 4.80 Å². The lowest BCUT2D eigenvalue weighted by Gasteiger charge is -2.09. The van der Waals surface area contributed by atoms with E-state index in [1.807, 2.05) is 25.5 Å². The van der Waals surface area contributed by atoms with Crippen molar-refractivity contribution in [1.82, 2.24) is 4.57 Å². The molecule has 3 aromatic carbocycles. The highest BCUT2D eigenvalue weighted by molar-refractivity contribution is 7.92. The highest BCUT2D eigenvalue weighted by Gasteiger charge is 2.16. The van der Waals surface area contributed by atoms with E-state index in [4.69, 9.17) is 4.74 Å². The lowest BCUT2D eigenvalue weighted by Crippen LogP contribution is -2.15. The number of carbonyl (C=O) groups excluding carboxylic acids is 1. The molecule has 1 aromatic heterocycles. The molecule has 7 nitrogen and oxygen atoms in total. The molecule has 33 heavy (non-hydrogen) atoms. The molecule has 0 spiro atoms. The van der Waals surface area contributed by atoms with Gasteiger partial charge < -0.3 is 9.30 Å². The van der Waals surface area contributed by atoms with Gasteiger partial charge in [-0.05, 0) is 73.5 Å². The van der Waals surface area contributed by atoms with Gasteiger partial charge in [-0.3, -0.25) is 9.52 Å². The monoisotopic (exact) mass is 481 g/mol. The zero-order chi connectivity index (χ0) is 23.8. The summed E-state index contributed by atoms with van der Waals surface area (Å²) in [6, 6.07) is 16.5. The number of fused-ring (bicyclic) bond motifs is 1. The minimum atomic E-state index is -3.82. The zero-order valence-corrected chi connectivity index (χ0v) is 20.3. The molecule has 0 saturated heterocycles. The Morgan fingerprint density at radius 1 is 1.06 bits per heavy atom. The van der Waals surface area contributed by atoms with Crippen LogP contribution in [-0.4, -0.2) is 26.0 Å². The van der Waals surface area contributed by atoms with Crippen molar-refractivity contribution in [2.24, 2.45) is 12.0 Å². The maximum Gasteiger partial charge on any atom is 0.279 e. The van der Waals surface area contributed by atoms with E-state index in [2.05, 4.69) is 21.8 Å². The first-order valence-corrected chi connectivity index (χ1v) is 12.4. The van der Waals surface area contributed by atoms with E-state index in [1.54, 1.807) is 30.3 Å². The number of hydrogen-bond acceptors (Lipinski definition) is 5. The number of thiazole rings is 1. The Bertz CT molecular complexity index is 1530. The van der Waals surface area contributed by atoms with Gasteiger partial charge >= 0.3 is 0 Å². The number of methoxy groups -OCH3 is 1. The molecule has 0 fully saturated rings. The number of hydrogen-bond donors (Lipinski definition) is 1. The van der Waals surface area contributed by atoms with Crippen LogP contribution in [0.4, 0.5) is 5.69 Å². The van der Waals surface area contributed by atoms with Crippen molar-refractivity contribution in [2.45, 2.75) is 18.7 Å². The van der Waals surface area contributed by atoms with Crippen molar-refractivity contribution >= 4 is 43.2 Å². The van der Waals surface area contributed by atoms with Crippen LogP contribution in [0.2, 0.25) is 0 Å². The van der Waals surface area contributed by atoms with Gasteiger partial charge in [0, 0.05) is 18.3 Å². The van der Waals surface area contributed by atoms with Crippen molar-refractivity contribution in [2.75, 3.05) is 11.8 Å². The summed E-state index contributed by atoms with van der Waals surface area (Å²) in [6.45, 7) is 4.07. The molecule has 0 unspecified atom stereocenters. The molecule has 0 bridgehead atoms. The van der Waals surface area contributed by atoms with E-state index in [9.17, 15) is 13.2 Å². The second-order valence-corrected chi connectivity index (χ2v) is 10.3. The van der Waals surface area contributed by atoms with Crippen molar-refractivity contribution in [3.05, 3.63) is 82.2 Å². The van der Waals surface area contributed by atoms with E-state index in [0.29, 0.717) is 10.6 Å². The topological polar surface area (TPSA) is 89.8 Å². The molecule has 0 aliphatic heterocycles. The van der Waals surface area contributed by atoms with Crippen LogP contribution < -0.4 is 14.3 Å². The quantitative estimate of drug-likeness (QED) is 0.457. The summed E-state index contributed by atoms with van der Waals surface area (Å²) in [6.07, 6.45) is 0. The van der Waals surface area contributed by atoms with Crippen molar-refractivity contribution in [3.63, 3.8) is 0 Å². The van der Waals surface area contributed by atoms with Crippen molar-refractivity contribution in [3.8, 4) is 5.75 Å². The molecule has 0 aliphatic carbocycles. The first-order chi connectivity index (χ1) is 15.7. The highest BCUT2D eigenvalue weighted by atomic mass is 32.2. The average Bonchev–Trinajstić information content (AvgIpc) is 3.08. The van der Waals surface area contributed by atoms with Crippen LogP contribution in [-0.2, 0) is 17.1 Å². The molecule has 4 aromatic rings. The van der Waals surface area contributed by atoms with E-state index in [-0.39, 0.29) is 16.1 Å². The molecule has 170 valence electrons. The number of nitrogens with zero attached hydrogens (tertiary/aromatic N) is 2. The summed E-state index contributed by atoms with van der Waals surface area (Å²) in [4.78, 5) is 17.9. The van der Waals surface area contributed by atoms with Crippen LogP contribution in [0.15, 0.2) is 70.6 Å². The predicted octanol–water partition coefficient (Wildman–Crippen LogP) is 4.41. The largest absolute Gasteiger partial charge is 0.497 e. The maximum atomic E-state index is 12.9. The number of ether oxygens (including phenoxy) is 1. The molecule has 9 heteroatoms. The van der Waals surface area contributed by atoms with Gasteiger partial charge in [-0.25, -0.2) is 8.42 Å². The number of rotatable bonds is 5. The van der Waals surface area contributed by atoms with Crippen molar-refractivity contribution < 1.29 is 17.9 Å². The average molecular weight is 482 g/mol. The summed E-state index contributed by atoms with van der Waals surface area (Å²) >= 11 is 1.44. The normalized spacial score (nSPS) is 12.2. The minimum Gasteiger partial charge on any atom is -0.497 e. The molecule has 0 aliphatic rings. The molecule has 0 atom stereocenters. The number of aromatic nitrogens is 1. The smallest absolute Gasteiger partial charge is 0.279 e. The third kappa shape index (κ3) is 4.69. The Balaban J connectivity index is 1.64. The molecule has 1 heterocycles. The third-order valence-corrected chi connectivity index (χ3v) is 7.64. The Labute approximate surface area is 196 Å². The van der Waals surface area contributed by atoms with Gasteiger partial charge in [0.2, 0.25) is 0 Å². The molecule has 4 rings (SSSR count). The van der Waals surface area contributed by atoms with E-state index in [0.717, 1.165) is 21.3 Å². The standard InChI is InChI=1S/C24H23N3O4S2/c1-15-12-16(2)22-21(13-15)32-24(27(22)3)25-23(28)17-6-5-7-18(14-17)26-33(29,30)20-10-8-19(31-4)9-11-20/h5-14,26H,1-4H3. The number of amides is 1. The molecule has 1 N–H and O–H groups in total. The molecule has 0 radical (unpaired) electrons. The lowest BCUT2D eigenvalue weighted by molar-refractivity contribution is 0.0998. The number of anilines is 1. The number of benzene rings is 3. The summed E-state index contributed by atoms with van der Waals surface area (Å²) in [5.74, 6) is 0.111. The predicted molar refractivity (Wildman–Crippen MR) is 130 cm³/mol. The van der Waals surface area contributed by atoms with Gasteiger partial charge in [-0.1, -0.05) is 23.5 Å². The molecule has 1 amide bonds. The Hall–Kier alpha value is -3.43. The van der Waals surface area contributed by atoms with Gasteiger partial charge in [0.05, 0.1) is 22.2 Å². The van der Waals surface area contributed by atoms with E-state index >= 15 is 0 Å². The van der Waals surface area contributed by atoms with Gasteiger partial charge in [-0.15, -0.1) is 0 Å². The van der Waals surface area contributed by atoms with Crippen LogP contribution >= 0.6 is 11.3 Å². The van der Waals surface area contributed by atoms with Crippen LogP contribution in [0.3, 0.4) is 0 Å². The fourth-order valence-corrected chi connectivity index (χ4v) is 5.87. The molecular weight excluding hydrogens is 458 g/mol. The van der Waals surface area contributed by atoms with Gasteiger partial charge in [0.1, 0.15) is 5.75 Å². The van der Waals surface area contributed by atoms with Crippen LogP contribution in [0.5, 0.6) is 5.75 Å². The second kappa shape index (κ2) is 8.84. The Morgan fingerprint density at radius 2 is 1.79 bits per heavy atom. The zero-order valence-electron chi connectivity index (χ0n) is 18.6. The Kier molecular flexibility index (Phi) is 6.09. The van der Waals surface area contributed by atoms with Crippen LogP contribution in [0.1, 0.15) is 21.5 Å². The number of nitrogens with one attached hydrogen (secondary N) is 1. The second-order valence-electron chi connectivity index (χ2n) is 7.65. The summed E-state index contributed by atoms with van der Waals surface area (Å²) < 4.78 is 36.0. The minimum absolute atomic E-state index is 0.0904. The lowest BCUT2D eigenvalue weighted by atomic mass is 10.1. The highest BCUT2D eigenvalue weighted by Crippen LogP contribution is 2.23. The fraction of sp³-hybridized carbons (Fsp3) is 0.167. The number of carbonyl (C=O) groups is 1. The summed E-state index contributed by atoms with van der Waals surface area (Å²) in [5.41, 5.74) is 3.87. The first-order valence-electron chi connectivity index (χ1n) is 10.1. The third-order valence-electron chi connectivity index (χ3n) is 5.16. The number of aryl methyl sites for hydroxylation is 3. The van der Waals surface area contributed by atoms with Crippen molar-refractivity contribution in [1.29, 1.82) is 0 Å². The summed E-state index contributed by atoms with van der Waals surface area (Å²) in [5, 5.41) is 0. The van der Waals surface area contributed by atoms with Crippen LogP contribution in [0.25, 0.3) is 10.2 Å². The number of sulfonamides is 1. The SMILES string of the molecule is COc1ccc(S(=O)(=O)Nc2cccc(C(=O)N=c3sc4cc(C)cc(C)c4n3C)c2)cc1. The first kappa shape index (κ1) is 22.8.